The summed E-state index contributed by atoms with van der Waals surface area (Å²) in [7, 11) is -3.57. The molecule has 0 amide bonds. The summed E-state index contributed by atoms with van der Waals surface area (Å²) in [6.07, 6.45) is 3.67. The number of benzene rings is 1. The van der Waals surface area contributed by atoms with Gasteiger partial charge in [-0.1, -0.05) is 0 Å². The summed E-state index contributed by atoms with van der Waals surface area (Å²) in [6.45, 7) is -0.387. The molecule has 0 spiro atoms. The van der Waals surface area contributed by atoms with E-state index < -0.39 is 15.0 Å². The topological polar surface area (TPSA) is 122 Å². The number of nitrogens with zero attached hydrogens (tertiary/aromatic N) is 3. The van der Waals surface area contributed by atoms with Crippen molar-refractivity contribution in [3.63, 3.8) is 0 Å². The second-order valence-corrected chi connectivity index (χ2v) is 5.68. The van der Waals surface area contributed by atoms with Gasteiger partial charge in [-0.15, -0.1) is 0 Å². The van der Waals surface area contributed by atoms with E-state index >= 15 is 0 Å². The molecule has 9 nitrogen and oxygen atoms in total. The second-order valence-electron chi connectivity index (χ2n) is 4.03. The van der Waals surface area contributed by atoms with Crippen LogP contribution < -0.4 is 4.74 Å². The highest BCUT2D eigenvalue weighted by atomic mass is 32.2. The molecule has 0 aliphatic heterocycles. The molecule has 1 aromatic heterocycles. The molecule has 1 aromatic carbocycles. The van der Waals surface area contributed by atoms with Crippen LogP contribution >= 0.6 is 0 Å². The Bertz CT molecular complexity index is 777. The van der Waals surface area contributed by atoms with Gasteiger partial charge in [-0.3, -0.25) is 14.3 Å². The molecule has 0 bridgehead atoms. The van der Waals surface area contributed by atoms with E-state index in [1.807, 2.05) is 0 Å². The van der Waals surface area contributed by atoms with Crippen LogP contribution in [0.3, 0.4) is 0 Å². The zero-order valence-corrected chi connectivity index (χ0v) is 11.7. The summed E-state index contributed by atoms with van der Waals surface area (Å²) >= 11 is 0. The van der Waals surface area contributed by atoms with Gasteiger partial charge in [0.1, 0.15) is 19.5 Å². The van der Waals surface area contributed by atoms with Crippen molar-refractivity contribution in [3.05, 3.63) is 34.8 Å². The number of ether oxygens (including phenoxy) is 1. The third kappa shape index (κ3) is 4.07. The minimum atomic E-state index is -3.57. The molecule has 0 aliphatic rings. The number of nitro groups is 1. The first-order valence-electron chi connectivity index (χ1n) is 5.72. The Kier molecular flexibility index (Phi) is 4.29. The predicted octanol–water partition coefficient (Wildman–Crippen LogP) is 0.893. The number of aromatic nitrogens is 2. The normalized spacial score (nSPS) is 11.5. The fourth-order valence-electron chi connectivity index (χ4n) is 1.59. The molecule has 0 fully saturated rings. The Labute approximate surface area is 119 Å². The lowest BCUT2D eigenvalue weighted by Crippen LogP contribution is -2.11. The molecule has 0 saturated carbocycles. The van der Waals surface area contributed by atoms with E-state index in [1.54, 1.807) is 0 Å². The Morgan fingerprint density at radius 3 is 2.76 bits per heavy atom. The van der Waals surface area contributed by atoms with E-state index in [9.17, 15) is 18.5 Å². The highest BCUT2D eigenvalue weighted by Gasteiger charge is 2.17. The minimum Gasteiger partial charge on any atom is -0.484 e. The van der Waals surface area contributed by atoms with Gasteiger partial charge in [-0.25, -0.2) is 9.97 Å². The number of rotatable bonds is 6. The van der Waals surface area contributed by atoms with Crippen LogP contribution in [0, 0.1) is 10.1 Å². The molecule has 10 heteroatoms. The lowest BCUT2D eigenvalue weighted by molar-refractivity contribution is -0.385. The molecule has 0 unspecified atom stereocenters. The molecule has 0 atom stereocenters. The van der Waals surface area contributed by atoms with E-state index in [-0.39, 0.29) is 24.7 Å². The van der Waals surface area contributed by atoms with Crippen molar-refractivity contribution in [2.45, 2.75) is 0 Å². The van der Waals surface area contributed by atoms with Crippen LogP contribution in [0.5, 0.6) is 5.75 Å². The van der Waals surface area contributed by atoms with Gasteiger partial charge in [0.25, 0.3) is 10.1 Å². The van der Waals surface area contributed by atoms with Crippen LogP contribution in [0.15, 0.2) is 24.7 Å². The quantitative estimate of drug-likeness (QED) is 0.333. The fraction of sp³-hybridized carbons (Fsp3) is 0.273. The monoisotopic (exact) mass is 313 g/mol. The predicted molar refractivity (Wildman–Crippen MR) is 72.5 cm³/mol. The van der Waals surface area contributed by atoms with Crippen LogP contribution in [0.4, 0.5) is 5.69 Å². The van der Waals surface area contributed by atoms with Crippen LogP contribution in [-0.4, -0.2) is 42.8 Å². The third-order valence-corrected chi connectivity index (χ3v) is 3.02. The Morgan fingerprint density at radius 2 is 2.10 bits per heavy atom. The van der Waals surface area contributed by atoms with E-state index in [0.29, 0.717) is 10.9 Å². The van der Waals surface area contributed by atoms with E-state index in [2.05, 4.69) is 14.2 Å². The van der Waals surface area contributed by atoms with Gasteiger partial charge < -0.3 is 4.74 Å². The molecule has 0 aliphatic carbocycles. The van der Waals surface area contributed by atoms with Gasteiger partial charge in [-0.05, 0) is 0 Å². The zero-order chi connectivity index (χ0) is 15.5. The van der Waals surface area contributed by atoms with Crippen molar-refractivity contribution in [1.29, 1.82) is 0 Å². The highest BCUT2D eigenvalue weighted by Crippen LogP contribution is 2.30. The summed E-state index contributed by atoms with van der Waals surface area (Å²) in [4.78, 5) is 18.2. The summed E-state index contributed by atoms with van der Waals surface area (Å²) in [5.41, 5.74) is 0.228. The van der Waals surface area contributed by atoms with Crippen LogP contribution in [-0.2, 0) is 14.3 Å². The van der Waals surface area contributed by atoms with Gasteiger partial charge in [0.15, 0.2) is 5.75 Å². The first-order valence-corrected chi connectivity index (χ1v) is 7.54. The molecule has 21 heavy (non-hydrogen) atoms. The summed E-state index contributed by atoms with van der Waals surface area (Å²) in [5, 5.41) is 11.5. The van der Waals surface area contributed by atoms with Crippen molar-refractivity contribution in [3.8, 4) is 5.75 Å². The van der Waals surface area contributed by atoms with Crippen molar-refractivity contribution in [2.24, 2.45) is 0 Å². The number of fused-ring (bicyclic) bond motifs is 1. The molecular weight excluding hydrogens is 302 g/mol. The molecule has 0 saturated heterocycles. The zero-order valence-electron chi connectivity index (χ0n) is 10.9. The summed E-state index contributed by atoms with van der Waals surface area (Å²) in [5.74, 6) is -0.0108. The van der Waals surface area contributed by atoms with Gasteiger partial charge in [-0.2, -0.15) is 8.42 Å². The minimum absolute atomic E-state index is 0.0108. The maximum atomic E-state index is 11.0. The van der Waals surface area contributed by atoms with Crippen molar-refractivity contribution < 1.29 is 22.3 Å². The molecular formula is C11H11N3O6S. The molecule has 2 aromatic rings. The van der Waals surface area contributed by atoms with Gasteiger partial charge >= 0.3 is 5.69 Å². The molecule has 2 rings (SSSR count). The Morgan fingerprint density at radius 1 is 1.33 bits per heavy atom. The lowest BCUT2D eigenvalue weighted by atomic mass is 10.2. The molecule has 0 radical (unpaired) electrons. The Balaban J connectivity index is 2.21. The van der Waals surface area contributed by atoms with Gasteiger partial charge in [0.2, 0.25) is 0 Å². The standard InChI is InChI=1S/C11H11N3O6S/c1-21(17,18)20-3-2-19-11-5-9-8(6-12-7-13-9)4-10(11)14(15)16/h4-7H,2-3H2,1H3. The van der Waals surface area contributed by atoms with Crippen molar-refractivity contribution in [1.82, 2.24) is 9.97 Å². The fourth-order valence-corrected chi connectivity index (χ4v) is 1.96. The Hall–Kier alpha value is -2.33. The number of nitro benzene ring substituents is 1. The first kappa shape index (κ1) is 15.1. The maximum Gasteiger partial charge on any atom is 0.311 e. The summed E-state index contributed by atoms with van der Waals surface area (Å²) in [6, 6.07) is 2.69. The first-order chi connectivity index (χ1) is 9.87. The smallest absolute Gasteiger partial charge is 0.311 e. The van der Waals surface area contributed by atoms with Gasteiger partial charge in [0, 0.05) is 23.7 Å². The SMILES string of the molecule is CS(=O)(=O)OCCOc1cc2ncncc2cc1[N+](=O)[O-]. The van der Waals surface area contributed by atoms with Crippen LogP contribution in [0.25, 0.3) is 10.9 Å². The van der Waals surface area contributed by atoms with Crippen LogP contribution in [0.2, 0.25) is 0 Å². The lowest BCUT2D eigenvalue weighted by Gasteiger charge is -2.07. The molecule has 1 heterocycles. The highest BCUT2D eigenvalue weighted by molar-refractivity contribution is 7.85. The third-order valence-electron chi connectivity index (χ3n) is 2.42. The van der Waals surface area contributed by atoms with Crippen molar-refractivity contribution in [2.75, 3.05) is 19.5 Å². The van der Waals surface area contributed by atoms with E-state index in [0.717, 1.165) is 6.26 Å². The second kappa shape index (κ2) is 5.97. The van der Waals surface area contributed by atoms with E-state index in [4.69, 9.17) is 4.74 Å². The van der Waals surface area contributed by atoms with E-state index in [1.165, 1.54) is 24.7 Å². The maximum absolute atomic E-state index is 11.0. The van der Waals surface area contributed by atoms with Gasteiger partial charge in [0.05, 0.1) is 16.7 Å². The van der Waals surface area contributed by atoms with Crippen molar-refractivity contribution >= 4 is 26.7 Å². The number of hydrogen-bond donors (Lipinski definition) is 0. The van der Waals surface area contributed by atoms with Crippen LogP contribution in [0.1, 0.15) is 0 Å². The molecule has 0 N–H and O–H groups in total. The largest absolute Gasteiger partial charge is 0.484 e. The summed E-state index contributed by atoms with van der Waals surface area (Å²) < 4.78 is 31.3. The average molecular weight is 313 g/mol. The number of hydrogen-bond acceptors (Lipinski definition) is 8. The average Bonchev–Trinajstić information content (AvgIpc) is 2.41. The molecule has 112 valence electrons.